The van der Waals surface area contributed by atoms with Gasteiger partial charge in [-0.15, -0.1) is 0 Å². The molecule has 0 aliphatic carbocycles. The van der Waals surface area contributed by atoms with Gasteiger partial charge < -0.3 is 19.3 Å². The average molecular weight is 368 g/mol. The molecule has 3 fully saturated rings. The molecule has 0 amide bonds. The first-order valence-corrected chi connectivity index (χ1v) is 8.03. The molecule has 6 atom stereocenters. The second-order valence-corrected chi connectivity index (χ2v) is 6.56. The standard InChI is InChI=1S/C17H14F2O7/c18-17(19,16(22)23)13(7-4-2-1-3-5-7)26-14(20)10-8-6-9-12(24-8)11(10)15(21)25-9/h1-5,8-13H,6H2,(H,22,23). The summed E-state index contributed by atoms with van der Waals surface area (Å²) in [5.41, 5.74) is -0.163. The largest absolute Gasteiger partial charge is 0.477 e. The van der Waals surface area contributed by atoms with Crippen LogP contribution in [0.25, 0.3) is 0 Å². The molecule has 0 saturated carbocycles. The fourth-order valence-electron chi connectivity index (χ4n) is 3.90. The lowest BCUT2D eigenvalue weighted by Crippen LogP contribution is -2.42. The van der Waals surface area contributed by atoms with E-state index in [1.54, 1.807) is 6.07 Å². The Morgan fingerprint density at radius 1 is 1.23 bits per heavy atom. The van der Waals surface area contributed by atoms with Crippen molar-refractivity contribution in [3.63, 3.8) is 0 Å². The van der Waals surface area contributed by atoms with Crippen molar-refractivity contribution in [3.05, 3.63) is 35.9 Å². The van der Waals surface area contributed by atoms with Gasteiger partial charge in [0.25, 0.3) is 0 Å². The number of carboxylic acid groups (broad SMARTS) is 1. The van der Waals surface area contributed by atoms with Crippen LogP contribution in [0.1, 0.15) is 18.1 Å². The third kappa shape index (κ3) is 2.38. The Hall–Kier alpha value is -2.55. The summed E-state index contributed by atoms with van der Waals surface area (Å²) in [6, 6.07) is 6.89. The maximum Gasteiger partial charge on any atom is 0.382 e. The van der Waals surface area contributed by atoms with E-state index in [-0.39, 0.29) is 12.0 Å². The summed E-state index contributed by atoms with van der Waals surface area (Å²) in [6.07, 6.45) is -3.70. The van der Waals surface area contributed by atoms with E-state index in [0.717, 1.165) is 0 Å². The van der Waals surface area contributed by atoms with Crippen LogP contribution >= 0.6 is 0 Å². The van der Waals surface area contributed by atoms with Crippen molar-refractivity contribution < 1.29 is 42.5 Å². The Morgan fingerprint density at radius 3 is 2.58 bits per heavy atom. The van der Waals surface area contributed by atoms with Crippen LogP contribution in [0.4, 0.5) is 8.78 Å². The van der Waals surface area contributed by atoms with E-state index >= 15 is 0 Å². The van der Waals surface area contributed by atoms with Gasteiger partial charge in [-0.1, -0.05) is 30.3 Å². The van der Waals surface area contributed by atoms with Crippen molar-refractivity contribution in [1.29, 1.82) is 0 Å². The Labute approximate surface area is 145 Å². The first-order chi connectivity index (χ1) is 12.3. The van der Waals surface area contributed by atoms with Crippen LogP contribution in [-0.4, -0.2) is 47.2 Å². The lowest BCUT2D eigenvalue weighted by molar-refractivity contribution is -0.198. The predicted molar refractivity (Wildman–Crippen MR) is 78.0 cm³/mol. The molecule has 26 heavy (non-hydrogen) atoms. The first kappa shape index (κ1) is 16.9. The van der Waals surface area contributed by atoms with E-state index in [9.17, 15) is 23.2 Å². The van der Waals surface area contributed by atoms with Crippen LogP contribution in [0.5, 0.6) is 0 Å². The highest BCUT2D eigenvalue weighted by Crippen LogP contribution is 2.51. The Kier molecular flexibility index (Phi) is 3.72. The van der Waals surface area contributed by atoms with E-state index in [0.29, 0.717) is 0 Å². The lowest BCUT2D eigenvalue weighted by atomic mass is 9.80. The molecular formula is C17H14F2O7. The molecule has 0 radical (unpaired) electrons. The van der Waals surface area contributed by atoms with E-state index in [1.807, 2.05) is 0 Å². The Morgan fingerprint density at radius 2 is 1.92 bits per heavy atom. The minimum atomic E-state index is -4.34. The van der Waals surface area contributed by atoms with Crippen molar-refractivity contribution in [2.75, 3.05) is 0 Å². The molecule has 4 rings (SSSR count). The molecule has 9 heteroatoms. The van der Waals surface area contributed by atoms with Crippen LogP contribution in [0.3, 0.4) is 0 Å². The SMILES string of the molecule is O=C(OC(c1ccccc1)C(F)(F)C(=O)O)C1C2CC3OC(=O)C1C3O2. The quantitative estimate of drug-likeness (QED) is 0.783. The molecule has 1 aromatic carbocycles. The summed E-state index contributed by atoms with van der Waals surface area (Å²) in [6.45, 7) is 0. The van der Waals surface area contributed by atoms with Crippen LogP contribution in [-0.2, 0) is 28.6 Å². The number of hydrogen-bond donors (Lipinski definition) is 1. The molecule has 1 aromatic rings. The van der Waals surface area contributed by atoms with E-state index in [1.165, 1.54) is 24.3 Å². The zero-order valence-corrected chi connectivity index (χ0v) is 13.2. The monoisotopic (exact) mass is 368 g/mol. The van der Waals surface area contributed by atoms with Gasteiger partial charge in [0.05, 0.1) is 12.0 Å². The number of rotatable bonds is 5. The molecule has 2 bridgehead atoms. The van der Waals surface area contributed by atoms with Gasteiger partial charge in [-0.3, -0.25) is 9.59 Å². The smallest absolute Gasteiger partial charge is 0.382 e. The lowest BCUT2D eigenvalue weighted by Gasteiger charge is -2.27. The highest BCUT2D eigenvalue weighted by molar-refractivity contribution is 5.87. The van der Waals surface area contributed by atoms with Crippen LogP contribution in [0, 0.1) is 11.8 Å². The second-order valence-electron chi connectivity index (χ2n) is 6.56. The van der Waals surface area contributed by atoms with Gasteiger partial charge in [0.15, 0.2) is 0 Å². The third-order valence-corrected chi connectivity index (χ3v) is 5.07. The van der Waals surface area contributed by atoms with E-state index < -0.39 is 60.1 Å². The van der Waals surface area contributed by atoms with Gasteiger partial charge in [0.2, 0.25) is 6.10 Å². The normalized spacial score (nSPS) is 33.0. The summed E-state index contributed by atoms with van der Waals surface area (Å²) in [5.74, 6) is -10.4. The van der Waals surface area contributed by atoms with Gasteiger partial charge in [-0.2, -0.15) is 8.78 Å². The maximum absolute atomic E-state index is 14.2. The Balaban J connectivity index is 1.61. The molecule has 138 valence electrons. The number of fused-ring (bicyclic) bond motifs is 1. The summed E-state index contributed by atoms with van der Waals surface area (Å²) < 4.78 is 44.0. The van der Waals surface area contributed by atoms with Gasteiger partial charge in [-0.05, 0) is 5.56 Å². The highest BCUT2D eigenvalue weighted by atomic mass is 19.3. The third-order valence-electron chi connectivity index (χ3n) is 5.07. The van der Waals surface area contributed by atoms with Crippen LogP contribution in [0.2, 0.25) is 0 Å². The van der Waals surface area contributed by atoms with Crippen molar-refractivity contribution in [2.24, 2.45) is 11.8 Å². The van der Waals surface area contributed by atoms with Crippen molar-refractivity contribution in [3.8, 4) is 0 Å². The van der Waals surface area contributed by atoms with Gasteiger partial charge >= 0.3 is 23.8 Å². The van der Waals surface area contributed by atoms with Gasteiger partial charge in [-0.25, -0.2) is 4.79 Å². The number of alkyl halides is 2. The molecule has 0 spiro atoms. The van der Waals surface area contributed by atoms with Crippen molar-refractivity contribution >= 4 is 17.9 Å². The topological polar surface area (TPSA) is 99.1 Å². The number of carbonyl (C=O) groups is 3. The molecule has 6 unspecified atom stereocenters. The second kappa shape index (κ2) is 5.73. The predicted octanol–water partition coefficient (Wildman–Crippen LogP) is 1.32. The zero-order valence-electron chi connectivity index (χ0n) is 13.2. The Bertz CT molecular complexity index is 764. The molecule has 3 heterocycles. The summed E-state index contributed by atoms with van der Waals surface area (Å²) >= 11 is 0. The van der Waals surface area contributed by atoms with E-state index in [4.69, 9.17) is 19.3 Å². The molecule has 1 N–H and O–H groups in total. The van der Waals surface area contributed by atoms with Crippen LogP contribution in [0.15, 0.2) is 30.3 Å². The number of hydrogen-bond acceptors (Lipinski definition) is 6. The number of ether oxygens (including phenoxy) is 3. The average Bonchev–Trinajstić information content (AvgIpc) is 3.22. The number of benzene rings is 1. The number of halogens is 2. The minimum Gasteiger partial charge on any atom is -0.477 e. The van der Waals surface area contributed by atoms with Gasteiger partial charge in [0, 0.05) is 6.42 Å². The maximum atomic E-state index is 14.2. The molecule has 3 saturated heterocycles. The minimum absolute atomic E-state index is 0.163. The number of carbonyl (C=O) groups excluding carboxylic acids is 2. The fraction of sp³-hybridized carbons (Fsp3) is 0.471. The summed E-state index contributed by atoms with van der Waals surface area (Å²) in [5, 5.41) is 8.86. The zero-order chi connectivity index (χ0) is 18.6. The highest BCUT2D eigenvalue weighted by Gasteiger charge is 2.67. The molecule has 3 aliphatic heterocycles. The fourth-order valence-corrected chi connectivity index (χ4v) is 3.90. The van der Waals surface area contributed by atoms with E-state index in [2.05, 4.69) is 0 Å². The van der Waals surface area contributed by atoms with Crippen LogP contribution < -0.4 is 0 Å². The summed E-state index contributed by atoms with van der Waals surface area (Å²) in [7, 11) is 0. The van der Waals surface area contributed by atoms with Crippen molar-refractivity contribution in [2.45, 2.75) is 36.8 Å². The summed E-state index contributed by atoms with van der Waals surface area (Å²) in [4.78, 5) is 35.5. The molecule has 3 aliphatic rings. The number of carboxylic acids is 1. The number of aliphatic carboxylic acids is 1. The van der Waals surface area contributed by atoms with Crippen molar-refractivity contribution in [1.82, 2.24) is 0 Å². The molecule has 7 nitrogen and oxygen atoms in total. The van der Waals surface area contributed by atoms with Gasteiger partial charge in [0.1, 0.15) is 18.1 Å². The first-order valence-electron chi connectivity index (χ1n) is 8.03. The molecular weight excluding hydrogens is 354 g/mol. The molecule has 0 aromatic heterocycles. The number of esters is 2.